The van der Waals surface area contributed by atoms with E-state index in [9.17, 15) is 14.7 Å². The van der Waals surface area contributed by atoms with Crippen molar-refractivity contribution >= 4 is 28.6 Å². The third-order valence-electron chi connectivity index (χ3n) is 5.10. The Hall–Kier alpha value is -4.72. The molecule has 3 aromatic carbocycles. The van der Waals surface area contributed by atoms with Crippen LogP contribution >= 0.6 is 0 Å². The van der Waals surface area contributed by atoms with Gasteiger partial charge in [-0.25, -0.2) is 14.8 Å². The van der Waals surface area contributed by atoms with Crippen molar-refractivity contribution in [1.29, 1.82) is 0 Å². The van der Waals surface area contributed by atoms with Crippen LogP contribution in [-0.4, -0.2) is 36.5 Å². The van der Waals surface area contributed by atoms with Crippen molar-refractivity contribution in [2.75, 3.05) is 5.32 Å². The van der Waals surface area contributed by atoms with Gasteiger partial charge in [-0.05, 0) is 48.5 Å². The largest absolute Gasteiger partial charge is 0.478 e. The van der Waals surface area contributed by atoms with Gasteiger partial charge in [0, 0.05) is 34.9 Å². The molecule has 1 amide bonds. The van der Waals surface area contributed by atoms with Gasteiger partial charge in [-0.1, -0.05) is 18.2 Å². The number of nitrogens with one attached hydrogen (secondary N) is 2. The zero-order valence-corrected chi connectivity index (χ0v) is 16.7. The van der Waals surface area contributed by atoms with Gasteiger partial charge in [0.05, 0.1) is 16.6 Å². The Bertz CT molecular complexity index is 1450. The molecule has 0 unspecified atom stereocenters. The number of anilines is 1. The van der Waals surface area contributed by atoms with Gasteiger partial charge in [0.25, 0.3) is 5.91 Å². The second kappa shape index (κ2) is 7.84. The Balaban J connectivity index is 1.45. The Morgan fingerprint density at radius 1 is 0.969 bits per heavy atom. The number of aromatic carboxylic acids is 1. The molecule has 3 N–H and O–H groups in total. The number of carbonyl (C=O) groups is 2. The molecule has 0 aliphatic heterocycles. The highest BCUT2D eigenvalue weighted by atomic mass is 16.4. The number of hydrogen-bond acceptors (Lipinski definition) is 4. The first-order valence-corrected chi connectivity index (χ1v) is 9.81. The number of carbonyl (C=O) groups excluding carboxylic acids is 1. The van der Waals surface area contributed by atoms with Crippen LogP contribution in [0.5, 0.6) is 0 Å². The summed E-state index contributed by atoms with van der Waals surface area (Å²) in [7, 11) is 0. The van der Waals surface area contributed by atoms with Gasteiger partial charge < -0.3 is 15.4 Å². The summed E-state index contributed by atoms with van der Waals surface area (Å²) in [5.41, 5.74) is 4.02. The molecular weight excluding hydrogens is 406 g/mol. The highest BCUT2D eigenvalue weighted by molar-refractivity contribution is 6.06. The quantitative estimate of drug-likeness (QED) is 0.389. The van der Waals surface area contributed by atoms with E-state index in [1.807, 2.05) is 47.0 Å². The van der Waals surface area contributed by atoms with E-state index in [1.54, 1.807) is 18.6 Å². The second-order valence-electron chi connectivity index (χ2n) is 7.11. The number of carboxylic acid groups (broad SMARTS) is 1. The molecule has 5 aromatic rings. The summed E-state index contributed by atoms with van der Waals surface area (Å²) in [5.74, 6) is -1.07. The van der Waals surface area contributed by atoms with Crippen LogP contribution in [0.2, 0.25) is 0 Å². The molecule has 5 rings (SSSR count). The van der Waals surface area contributed by atoms with E-state index < -0.39 is 5.97 Å². The van der Waals surface area contributed by atoms with E-state index in [0.29, 0.717) is 22.6 Å². The maximum atomic E-state index is 12.9. The maximum Gasteiger partial charge on any atom is 0.336 e. The van der Waals surface area contributed by atoms with Crippen molar-refractivity contribution in [3.05, 3.63) is 96.6 Å². The number of hydrogen-bond donors (Lipinski definition) is 3. The fourth-order valence-corrected chi connectivity index (χ4v) is 3.58. The molecular formula is C24H17N5O3. The van der Waals surface area contributed by atoms with E-state index in [0.717, 1.165) is 16.7 Å². The molecule has 0 saturated heterocycles. The van der Waals surface area contributed by atoms with Crippen LogP contribution in [0.1, 0.15) is 20.7 Å². The summed E-state index contributed by atoms with van der Waals surface area (Å²) in [6, 6.07) is 19.6. The highest BCUT2D eigenvalue weighted by Crippen LogP contribution is 2.24. The molecule has 0 radical (unpaired) electrons. The predicted octanol–water partition coefficient (Wildman–Crippen LogP) is 4.37. The number of amides is 1. The Morgan fingerprint density at radius 3 is 2.66 bits per heavy atom. The molecule has 156 valence electrons. The molecule has 0 saturated carbocycles. The number of H-pyrrole nitrogens is 1. The van der Waals surface area contributed by atoms with Crippen molar-refractivity contribution < 1.29 is 14.7 Å². The summed E-state index contributed by atoms with van der Waals surface area (Å²) in [5, 5.41) is 12.4. The molecule has 0 fully saturated rings. The second-order valence-corrected chi connectivity index (χ2v) is 7.11. The van der Waals surface area contributed by atoms with E-state index >= 15 is 0 Å². The van der Waals surface area contributed by atoms with Crippen molar-refractivity contribution in [3.8, 4) is 17.1 Å². The SMILES string of the molecule is O=C(Nc1cccc(-n2cnc3ccccc32)c1)c1ccc(C(=O)O)c(-c2ncc[nH]2)c1. The van der Waals surface area contributed by atoms with Crippen LogP contribution < -0.4 is 5.32 Å². The van der Waals surface area contributed by atoms with Crippen LogP contribution in [0.15, 0.2) is 85.5 Å². The van der Waals surface area contributed by atoms with Crippen molar-refractivity contribution in [2.45, 2.75) is 0 Å². The van der Waals surface area contributed by atoms with E-state index in [4.69, 9.17) is 0 Å². The zero-order valence-electron chi connectivity index (χ0n) is 16.7. The van der Waals surface area contributed by atoms with Crippen molar-refractivity contribution in [2.24, 2.45) is 0 Å². The first kappa shape index (κ1) is 19.3. The fourth-order valence-electron chi connectivity index (χ4n) is 3.58. The average Bonchev–Trinajstić information content (AvgIpc) is 3.49. The lowest BCUT2D eigenvalue weighted by Gasteiger charge is -2.10. The van der Waals surface area contributed by atoms with Gasteiger partial charge in [0.1, 0.15) is 12.2 Å². The fraction of sp³-hybridized carbons (Fsp3) is 0. The number of nitrogens with zero attached hydrogens (tertiary/aromatic N) is 3. The van der Waals surface area contributed by atoms with Crippen LogP contribution in [0, 0.1) is 0 Å². The summed E-state index contributed by atoms with van der Waals surface area (Å²) in [4.78, 5) is 35.9. The molecule has 0 aliphatic rings. The van der Waals surface area contributed by atoms with Crippen LogP contribution in [0.3, 0.4) is 0 Å². The van der Waals surface area contributed by atoms with Crippen molar-refractivity contribution in [3.63, 3.8) is 0 Å². The summed E-state index contributed by atoms with van der Waals surface area (Å²) in [6.07, 6.45) is 4.86. The molecule has 8 heteroatoms. The first-order valence-electron chi connectivity index (χ1n) is 9.81. The molecule has 32 heavy (non-hydrogen) atoms. The minimum atomic E-state index is -1.09. The number of aromatic amines is 1. The molecule has 0 spiro atoms. The Kier molecular flexibility index (Phi) is 4.72. The number of para-hydroxylation sites is 2. The predicted molar refractivity (Wildman–Crippen MR) is 120 cm³/mol. The third kappa shape index (κ3) is 3.50. The van der Waals surface area contributed by atoms with E-state index in [-0.39, 0.29) is 11.5 Å². The first-order chi connectivity index (χ1) is 15.6. The normalized spacial score (nSPS) is 10.9. The van der Waals surface area contributed by atoms with Gasteiger partial charge in [-0.3, -0.25) is 9.36 Å². The number of rotatable bonds is 5. The van der Waals surface area contributed by atoms with E-state index in [1.165, 1.54) is 24.4 Å². The minimum Gasteiger partial charge on any atom is -0.478 e. The molecule has 2 aromatic heterocycles. The van der Waals surface area contributed by atoms with E-state index in [2.05, 4.69) is 20.3 Å². The van der Waals surface area contributed by atoms with Crippen molar-refractivity contribution in [1.82, 2.24) is 19.5 Å². The van der Waals surface area contributed by atoms with Gasteiger partial charge in [-0.15, -0.1) is 0 Å². The highest BCUT2D eigenvalue weighted by Gasteiger charge is 2.17. The number of carboxylic acids is 1. The molecule has 8 nitrogen and oxygen atoms in total. The standard InChI is InChI=1S/C24H17N5O3/c30-23(15-8-9-18(24(31)32)19(12-15)22-25-10-11-26-22)28-16-4-3-5-17(13-16)29-14-27-20-6-1-2-7-21(20)29/h1-14H,(H,25,26)(H,28,30)(H,31,32). The summed E-state index contributed by atoms with van der Waals surface area (Å²) in [6.45, 7) is 0. The van der Waals surface area contributed by atoms with Crippen LogP contribution in [-0.2, 0) is 0 Å². The number of benzene rings is 3. The molecule has 0 bridgehead atoms. The molecule has 0 aliphatic carbocycles. The summed E-state index contributed by atoms with van der Waals surface area (Å²) < 4.78 is 1.95. The number of fused-ring (bicyclic) bond motifs is 1. The Labute approximate surface area is 182 Å². The van der Waals surface area contributed by atoms with Crippen LogP contribution in [0.4, 0.5) is 5.69 Å². The molecule has 0 atom stereocenters. The number of aromatic nitrogens is 4. The maximum absolute atomic E-state index is 12.9. The van der Waals surface area contributed by atoms with Gasteiger partial charge >= 0.3 is 5.97 Å². The lowest BCUT2D eigenvalue weighted by molar-refractivity contribution is 0.0697. The Morgan fingerprint density at radius 2 is 1.84 bits per heavy atom. The van der Waals surface area contributed by atoms with Crippen LogP contribution in [0.25, 0.3) is 28.1 Å². The number of imidazole rings is 2. The lowest BCUT2D eigenvalue weighted by Crippen LogP contribution is -2.13. The minimum absolute atomic E-state index is 0.0606. The summed E-state index contributed by atoms with van der Waals surface area (Å²) >= 11 is 0. The topological polar surface area (TPSA) is 113 Å². The van der Waals surface area contributed by atoms with Gasteiger partial charge in [-0.2, -0.15) is 0 Å². The third-order valence-corrected chi connectivity index (χ3v) is 5.10. The smallest absolute Gasteiger partial charge is 0.336 e. The zero-order chi connectivity index (χ0) is 22.1. The average molecular weight is 423 g/mol. The van der Waals surface area contributed by atoms with Gasteiger partial charge in [0.2, 0.25) is 0 Å². The lowest BCUT2D eigenvalue weighted by atomic mass is 10.0. The molecule has 2 heterocycles. The monoisotopic (exact) mass is 423 g/mol. The van der Waals surface area contributed by atoms with Gasteiger partial charge in [0.15, 0.2) is 0 Å².